The molecule has 34 heavy (non-hydrogen) atoms. The average Bonchev–Trinajstić information content (AvgIpc) is 2.89. The third-order valence-corrected chi connectivity index (χ3v) is 7.63. The number of piperazine rings is 1. The predicted molar refractivity (Wildman–Crippen MR) is 131 cm³/mol. The van der Waals surface area contributed by atoms with E-state index in [0.717, 1.165) is 37.2 Å². The summed E-state index contributed by atoms with van der Waals surface area (Å²) >= 11 is 0. The number of nitrogens with zero attached hydrogens (tertiary/aromatic N) is 3. The Bertz CT molecular complexity index is 1220. The van der Waals surface area contributed by atoms with E-state index in [0.29, 0.717) is 25.2 Å². The van der Waals surface area contributed by atoms with Gasteiger partial charge in [0.15, 0.2) is 0 Å². The number of carbonyl (C=O) groups excluding carboxylic acids is 2. The van der Waals surface area contributed by atoms with E-state index in [1.54, 1.807) is 0 Å². The molecule has 5 nitrogen and oxygen atoms in total. The topological polar surface area (TPSA) is 43.9 Å². The molecule has 6 rings (SSSR count). The molecule has 1 fully saturated rings. The highest BCUT2D eigenvalue weighted by Crippen LogP contribution is 2.46. The molecule has 0 bridgehead atoms. The van der Waals surface area contributed by atoms with Crippen molar-refractivity contribution in [1.29, 1.82) is 0 Å². The molecular formula is C29H29N3O2. The summed E-state index contributed by atoms with van der Waals surface area (Å²) in [7, 11) is 0. The summed E-state index contributed by atoms with van der Waals surface area (Å²) < 4.78 is 0. The number of rotatable bonds is 3. The van der Waals surface area contributed by atoms with Crippen LogP contribution in [-0.4, -0.2) is 59.2 Å². The van der Waals surface area contributed by atoms with E-state index in [2.05, 4.69) is 47.4 Å². The number of hydrogen-bond donors (Lipinski definition) is 0. The zero-order valence-electron chi connectivity index (χ0n) is 19.3. The average molecular weight is 452 g/mol. The highest BCUT2D eigenvalue weighted by Gasteiger charge is 2.47. The summed E-state index contributed by atoms with van der Waals surface area (Å²) in [5.41, 5.74) is 5.23. The van der Waals surface area contributed by atoms with Gasteiger partial charge in [0.25, 0.3) is 5.91 Å². The van der Waals surface area contributed by atoms with Crippen molar-refractivity contribution >= 4 is 11.8 Å². The van der Waals surface area contributed by atoms with Gasteiger partial charge in [-0.1, -0.05) is 72.8 Å². The van der Waals surface area contributed by atoms with E-state index in [4.69, 9.17) is 0 Å². The van der Waals surface area contributed by atoms with Gasteiger partial charge in [-0.2, -0.15) is 0 Å². The molecule has 2 amide bonds. The van der Waals surface area contributed by atoms with Crippen LogP contribution in [0.4, 0.5) is 0 Å². The Labute approximate surface area is 200 Å². The van der Waals surface area contributed by atoms with Gasteiger partial charge < -0.3 is 9.80 Å². The molecule has 3 aromatic rings. The van der Waals surface area contributed by atoms with Crippen molar-refractivity contribution in [3.63, 3.8) is 0 Å². The Morgan fingerprint density at radius 3 is 2.24 bits per heavy atom. The van der Waals surface area contributed by atoms with E-state index in [-0.39, 0.29) is 23.8 Å². The molecule has 1 saturated heterocycles. The molecule has 0 aliphatic carbocycles. The fraction of sp³-hybridized carbons (Fsp3) is 0.310. The van der Waals surface area contributed by atoms with Crippen molar-refractivity contribution in [1.82, 2.24) is 14.7 Å². The van der Waals surface area contributed by atoms with Crippen LogP contribution in [0.3, 0.4) is 0 Å². The maximum Gasteiger partial charge on any atom is 0.254 e. The van der Waals surface area contributed by atoms with Gasteiger partial charge in [0.2, 0.25) is 5.91 Å². The van der Waals surface area contributed by atoms with Gasteiger partial charge in [0, 0.05) is 44.8 Å². The molecule has 0 saturated carbocycles. The lowest BCUT2D eigenvalue weighted by atomic mass is 9.75. The largest absolute Gasteiger partial charge is 0.340 e. The molecule has 3 heterocycles. The molecule has 3 aliphatic rings. The minimum Gasteiger partial charge on any atom is -0.340 e. The fourth-order valence-corrected chi connectivity index (χ4v) is 5.91. The van der Waals surface area contributed by atoms with Gasteiger partial charge in [0.05, 0.1) is 12.0 Å². The van der Waals surface area contributed by atoms with Gasteiger partial charge in [0.1, 0.15) is 0 Å². The molecule has 172 valence electrons. The summed E-state index contributed by atoms with van der Waals surface area (Å²) in [6, 6.07) is 26.3. The van der Waals surface area contributed by atoms with Crippen LogP contribution in [0.25, 0.3) is 0 Å². The first-order chi connectivity index (χ1) is 16.7. The number of fused-ring (bicyclic) bond motifs is 4. The summed E-state index contributed by atoms with van der Waals surface area (Å²) in [6.45, 7) is 4.72. The zero-order chi connectivity index (χ0) is 23.1. The standard InChI is InChI=1S/C29H29N3O2/c33-28-25-13-7-6-12-24(25)26(27-23-11-5-4-10-22(23)14-15-32(27)28)29(34)31-18-16-30(17-19-31)20-21-8-2-1-3-9-21/h1-13,26-27H,14-20H2/t26-,27-/m0/s1. The Balaban J connectivity index is 1.29. The lowest BCUT2D eigenvalue weighted by Crippen LogP contribution is -2.54. The molecule has 0 unspecified atom stereocenters. The highest BCUT2D eigenvalue weighted by molar-refractivity contribution is 6.01. The van der Waals surface area contributed by atoms with Gasteiger partial charge in [-0.15, -0.1) is 0 Å². The number of hydrogen-bond acceptors (Lipinski definition) is 3. The summed E-state index contributed by atoms with van der Waals surface area (Å²) in [4.78, 5) is 33.9. The van der Waals surface area contributed by atoms with Crippen molar-refractivity contribution < 1.29 is 9.59 Å². The molecule has 5 heteroatoms. The summed E-state index contributed by atoms with van der Waals surface area (Å²) in [5.74, 6) is -0.172. The predicted octanol–water partition coefficient (Wildman–Crippen LogP) is 3.87. The van der Waals surface area contributed by atoms with E-state index in [9.17, 15) is 9.59 Å². The van der Waals surface area contributed by atoms with Crippen LogP contribution >= 0.6 is 0 Å². The minimum absolute atomic E-state index is 0.0480. The number of benzene rings is 3. The normalized spacial score (nSPS) is 22.1. The first-order valence-electron chi connectivity index (χ1n) is 12.2. The second-order valence-corrected chi connectivity index (χ2v) is 9.54. The third-order valence-electron chi connectivity index (χ3n) is 7.63. The maximum absolute atomic E-state index is 14.1. The van der Waals surface area contributed by atoms with Crippen molar-refractivity contribution in [2.45, 2.75) is 24.9 Å². The smallest absolute Gasteiger partial charge is 0.254 e. The molecule has 3 aliphatic heterocycles. The lowest BCUT2D eigenvalue weighted by Gasteiger charge is -2.47. The van der Waals surface area contributed by atoms with Gasteiger partial charge in [-0.3, -0.25) is 14.5 Å². The summed E-state index contributed by atoms with van der Waals surface area (Å²) in [6.07, 6.45) is 0.833. The van der Waals surface area contributed by atoms with Crippen LogP contribution in [0.2, 0.25) is 0 Å². The minimum atomic E-state index is -0.365. The second-order valence-electron chi connectivity index (χ2n) is 9.54. The molecule has 3 aromatic carbocycles. The lowest BCUT2D eigenvalue weighted by molar-refractivity contribution is -0.136. The maximum atomic E-state index is 14.1. The molecule has 0 aromatic heterocycles. The Morgan fingerprint density at radius 2 is 1.44 bits per heavy atom. The Morgan fingerprint density at radius 1 is 0.765 bits per heavy atom. The van der Waals surface area contributed by atoms with Crippen molar-refractivity contribution in [2.75, 3.05) is 32.7 Å². The SMILES string of the molecule is O=C([C@H]1c2ccccc2C(=O)N2CCc3ccccc3[C@@H]12)N1CCN(Cc2ccccc2)CC1. The van der Waals surface area contributed by atoms with E-state index >= 15 is 0 Å². The highest BCUT2D eigenvalue weighted by atomic mass is 16.2. The summed E-state index contributed by atoms with van der Waals surface area (Å²) in [5, 5.41) is 0. The van der Waals surface area contributed by atoms with Gasteiger partial charge >= 0.3 is 0 Å². The van der Waals surface area contributed by atoms with Crippen LogP contribution < -0.4 is 0 Å². The Hall–Kier alpha value is -3.44. The quantitative estimate of drug-likeness (QED) is 0.607. The molecule has 0 spiro atoms. The van der Waals surface area contributed by atoms with Gasteiger partial charge in [-0.05, 0) is 34.7 Å². The first-order valence-corrected chi connectivity index (χ1v) is 12.2. The molecule has 2 atom stereocenters. The first kappa shape index (κ1) is 21.1. The Kier molecular flexibility index (Phi) is 5.42. The fourth-order valence-electron chi connectivity index (χ4n) is 5.91. The van der Waals surface area contributed by atoms with Crippen molar-refractivity contribution in [2.24, 2.45) is 0 Å². The van der Waals surface area contributed by atoms with Gasteiger partial charge in [-0.25, -0.2) is 0 Å². The van der Waals surface area contributed by atoms with Crippen molar-refractivity contribution in [3.8, 4) is 0 Å². The molecular weight excluding hydrogens is 422 g/mol. The van der Waals surface area contributed by atoms with Crippen LogP contribution in [0.5, 0.6) is 0 Å². The van der Waals surface area contributed by atoms with Crippen LogP contribution in [0, 0.1) is 0 Å². The molecule has 0 radical (unpaired) electrons. The zero-order valence-corrected chi connectivity index (χ0v) is 19.3. The third kappa shape index (κ3) is 3.61. The second kappa shape index (κ2) is 8.73. The van der Waals surface area contributed by atoms with Crippen LogP contribution in [0.15, 0.2) is 78.9 Å². The van der Waals surface area contributed by atoms with E-state index in [1.165, 1.54) is 11.1 Å². The van der Waals surface area contributed by atoms with E-state index in [1.807, 2.05) is 46.2 Å². The van der Waals surface area contributed by atoms with Crippen LogP contribution in [0.1, 0.15) is 44.6 Å². The monoisotopic (exact) mass is 451 g/mol. The number of amides is 2. The van der Waals surface area contributed by atoms with E-state index < -0.39 is 0 Å². The van der Waals surface area contributed by atoms with Crippen LogP contribution in [-0.2, 0) is 17.8 Å². The number of carbonyl (C=O) groups is 2. The molecule has 0 N–H and O–H groups in total. The van der Waals surface area contributed by atoms with Crippen molar-refractivity contribution in [3.05, 3.63) is 107 Å².